The largest absolute Gasteiger partial charge is 0.507 e. The van der Waals surface area contributed by atoms with Gasteiger partial charge in [0.2, 0.25) is 0 Å². The van der Waals surface area contributed by atoms with Crippen LogP contribution in [0.15, 0.2) is 105 Å². The number of hydrogen-bond donors (Lipinski definition) is 11. The zero-order valence-electron chi connectivity index (χ0n) is 37.4. The van der Waals surface area contributed by atoms with Gasteiger partial charge < -0.3 is 62.2 Å². The molecule has 4 aromatic carbocycles. The maximum atomic E-state index is 12.9. The van der Waals surface area contributed by atoms with Crippen LogP contribution >= 0.6 is 107 Å². The lowest BCUT2D eigenvalue weighted by atomic mass is 10.1. The molecule has 0 bridgehead atoms. The van der Waals surface area contributed by atoms with Crippen molar-refractivity contribution in [3.8, 4) is 28.7 Å². The smallest absolute Gasteiger partial charge is 0.269 e. The lowest BCUT2D eigenvalue weighted by molar-refractivity contribution is -0.115. The molecule has 0 aromatic heterocycles. The molecule has 0 atom stereocenters. The number of phenols is 3. The van der Waals surface area contributed by atoms with Crippen LogP contribution in [-0.2, 0) is 44.9 Å². The van der Waals surface area contributed by atoms with E-state index in [0.717, 1.165) is 0 Å². The van der Waals surface area contributed by atoms with Crippen molar-refractivity contribution in [2.24, 2.45) is 20.6 Å². The zero-order valence-corrected chi connectivity index (χ0v) is 47.1. The molecule has 20 nitrogen and oxygen atoms in total. The van der Waals surface area contributed by atoms with Gasteiger partial charge in [-0.2, -0.15) is 0 Å². The number of oxime groups is 4. The van der Waals surface area contributed by atoms with E-state index in [4.69, 9.17) is 4.74 Å². The first-order valence-corrected chi connectivity index (χ1v) is 29.1. The van der Waals surface area contributed by atoms with E-state index < -0.39 is 23.6 Å². The molecule has 0 heterocycles. The van der Waals surface area contributed by atoms with Gasteiger partial charge in [0.1, 0.15) is 40.1 Å². The fourth-order valence-electron chi connectivity index (χ4n) is 5.87. The number of benzene rings is 4. The predicted molar refractivity (Wildman–Crippen MR) is 295 cm³/mol. The third-order valence-corrected chi connectivity index (χ3v) is 16.7. The minimum atomic E-state index is -0.618. The van der Waals surface area contributed by atoms with Crippen LogP contribution in [0.5, 0.6) is 28.7 Å². The molecule has 0 aliphatic rings. The Hall–Kier alpha value is -4.84. The molecule has 11 N–H and O–H groups in total. The second-order valence-corrected chi connectivity index (χ2v) is 23.4. The van der Waals surface area contributed by atoms with Crippen LogP contribution < -0.4 is 26.0 Å². The van der Waals surface area contributed by atoms with Crippen molar-refractivity contribution in [2.75, 3.05) is 49.2 Å². The molecule has 4 amide bonds. The number of ether oxygens (including phenoxy) is 1. The second kappa shape index (κ2) is 31.7. The van der Waals surface area contributed by atoms with E-state index in [0.29, 0.717) is 65.2 Å². The van der Waals surface area contributed by atoms with Crippen molar-refractivity contribution in [1.29, 1.82) is 0 Å². The second-order valence-electron chi connectivity index (χ2n) is 14.6. The van der Waals surface area contributed by atoms with Crippen LogP contribution in [0, 0.1) is 0 Å². The molecular weight excluding hydrogens is 1280 g/mol. The van der Waals surface area contributed by atoms with Gasteiger partial charge in [-0.3, -0.25) is 19.2 Å². The summed E-state index contributed by atoms with van der Waals surface area (Å²) in [4.78, 5) is 50.7. The number of nitrogens with zero attached hydrogens (tertiary/aromatic N) is 4. The van der Waals surface area contributed by atoms with E-state index >= 15 is 0 Å². The summed E-state index contributed by atoms with van der Waals surface area (Å²) in [5.74, 6) is -0.0869. The Labute approximate surface area is 462 Å². The van der Waals surface area contributed by atoms with Crippen LogP contribution in [0.2, 0.25) is 0 Å². The average molecular weight is 1330 g/mol. The molecule has 4 rings (SSSR count). The molecule has 0 spiro atoms. The summed E-state index contributed by atoms with van der Waals surface area (Å²) >= 11 is 13.2. The summed E-state index contributed by atoms with van der Waals surface area (Å²) in [6.07, 6.45) is -0.0470. The Balaban J connectivity index is 1.15. The van der Waals surface area contributed by atoms with Gasteiger partial charge in [0, 0.05) is 74.9 Å². The fourth-order valence-corrected chi connectivity index (χ4v) is 11.3. The van der Waals surface area contributed by atoms with Crippen LogP contribution in [0.4, 0.5) is 0 Å². The van der Waals surface area contributed by atoms with Gasteiger partial charge in [-0.15, -0.1) is 0 Å². The van der Waals surface area contributed by atoms with Crippen molar-refractivity contribution >= 4 is 153 Å². The number of halogens is 4. The monoisotopic (exact) mass is 1320 g/mol. The van der Waals surface area contributed by atoms with Crippen molar-refractivity contribution in [1.82, 2.24) is 21.3 Å². The van der Waals surface area contributed by atoms with E-state index in [2.05, 4.69) is 106 Å². The first-order valence-electron chi connectivity index (χ1n) is 20.9. The quantitative estimate of drug-likeness (QED) is 0.00851. The lowest BCUT2D eigenvalue weighted by Crippen LogP contribution is -2.34. The summed E-state index contributed by atoms with van der Waals surface area (Å²) < 4.78 is 7.59. The topological polar surface area (TPSA) is 317 Å². The SMILES string of the molecule is O=C(NCCSSCCNC(=O)/C(Cc1ccc(O)c(Br)c1)=N/O)/C(Cc1ccc(Oc2cc(C/C(=N\O)C(=O)NCCSSCCNC(=O)/C(Cc3ccc(O)c(Br)c3)=N/O)cc(Br)c2O)c(Br)c1)=N\O. The lowest BCUT2D eigenvalue weighted by Gasteiger charge is -2.14. The van der Waals surface area contributed by atoms with Crippen LogP contribution in [0.3, 0.4) is 0 Å². The summed E-state index contributed by atoms with van der Waals surface area (Å²) in [6.45, 7) is 1.07. The number of carbonyl (C=O) groups excluding carboxylic acids is 4. The Kier molecular flexibility index (Phi) is 26.3. The molecule has 0 saturated heterocycles. The number of rotatable bonds is 28. The van der Waals surface area contributed by atoms with E-state index in [-0.39, 0.29) is 101 Å². The maximum Gasteiger partial charge on any atom is 0.269 e. The number of nitrogens with one attached hydrogen (secondary N) is 4. The first-order chi connectivity index (χ1) is 34.6. The van der Waals surface area contributed by atoms with Crippen LogP contribution in [0.25, 0.3) is 0 Å². The fraction of sp³-hybridized carbons (Fsp3) is 0.273. The molecule has 0 radical (unpaired) electrons. The normalized spacial score (nSPS) is 12.1. The maximum absolute atomic E-state index is 12.9. The average Bonchev–Trinajstić information content (AvgIpc) is 3.36. The third-order valence-electron chi connectivity index (χ3n) is 9.40. The summed E-state index contributed by atoms with van der Waals surface area (Å²) in [6, 6.07) is 17.3. The summed E-state index contributed by atoms with van der Waals surface area (Å²) in [7, 11) is 5.80. The Bertz CT molecular complexity index is 2690. The van der Waals surface area contributed by atoms with Crippen molar-refractivity contribution in [3.63, 3.8) is 0 Å². The van der Waals surface area contributed by atoms with Gasteiger partial charge in [0.25, 0.3) is 23.6 Å². The molecule has 0 saturated carbocycles. The van der Waals surface area contributed by atoms with E-state index in [1.54, 1.807) is 48.5 Å². The molecule has 28 heteroatoms. The number of aromatic hydroxyl groups is 3. The molecule has 72 heavy (non-hydrogen) atoms. The molecule has 0 fully saturated rings. The summed E-state index contributed by atoms with van der Waals surface area (Å²) in [5.41, 5.74) is 1.85. The number of hydrogen-bond acceptors (Lipinski definition) is 20. The van der Waals surface area contributed by atoms with Gasteiger partial charge in [0.05, 0.1) is 17.9 Å². The highest BCUT2D eigenvalue weighted by Gasteiger charge is 2.20. The number of carbonyl (C=O) groups is 4. The minimum absolute atomic E-state index is 0.0132. The number of phenolic OH excluding ortho intramolecular Hbond substituents is 3. The van der Waals surface area contributed by atoms with Crippen molar-refractivity contribution in [2.45, 2.75) is 25.7 Å². The Morgan fingerprint density at radius 3 is 1.08 bits per heavy atom. The van der Waals surface area contributed by atoms with E-state index in [9.17, 15) is 55.3 Å². The standard InChI is InChI=1S/C44H46Br4N8O12S4/c45-28-15-24(1-4-36(28)57)19-32(53-64)41(60)49-7-11-69-70-13-9-51-43(62)34(55-66)21-26-3-6-38(30(47)17-26)68-39-23-27(18-31(48)40(39)59)22-35(56-67)44(63)52-10-14-72-71-12-8-50-42(61)33(54-65)20-25-2-5-37(58)29(46)16-25/h1-6,15-18,23,57-59,64-67H,7-14,19-22H2,(H,49,60)(H,50,61)(H,51,62)(H,52,63)/b53-32+,54-33+,55-34-,56-35+. The highest BCUT2D eigenvalue weighted by Crippen LogP contribution is 2.40. The summed E-state index contributed by atoms with van der Waals surface area (Å²) in [5, 5.41) is 91.5. The third kappa shape index (κ3) is 19.9. The van der Waals surface area contributed by atoms with Gasteiger partial charge in [0.15, 0.2) is 11.5 Å². The molecule has 4 aromatic rings. The minimum Gasteiger partial charge on any atom is -0.507 e. The van der Waals surface area contributed by atoms with Gasteiger partial charge in [-0.1, -0.05) is 82.0 Å². The van der Waals surface area contributed by atoms with Gasteiger partial charge in [-0.05, 0) is 135 Å². The predicted octanol–water partition coefficient (Wildman–Crippen LogP) is 7.76. The van der Waals surface area contributed by atoms with Crippen molar-refractivity contribution < 1.29 is 60.1 Å². The molecule has 0 aliphatic heterocycles. The zero-order chi connectivity index (χ0) is 52.6. The van der Waals surface area contributed by atoms with Crippen LogP contribution in [0.1, 0.15) is 22.3 Å². The van der Waals surface area contributed by atoms with Gasteiger partial charge in [-0.25, -0.2) is 0 Å². The molecular formula is C44H46Br4N8O12S4. The van der Waals surface area contributed by atoms with Crippen molar-refractivity contribution in [3.05, 3.63) is 107 Å². The highest BCUT2D eigenvalue weighted by atomic mass is 79.9. The number of amides is 4. The Morgan fingerprint density at radius 1 is 0.431 bits per heavy atom. The molecule has 386 valence electrons. The molecule has 0 unspecified atom stereocenters. The van der Waals surface area contributed by atoms with E-state index in [1.165, 1.54) is 61.4 Å². The van der Waals surface area contributed by atoms with E-state index in [1.807, 2.05) is 0 Å². The Morgan fingerprint density at radius 2 is 0.750 bits per heavy atom. The molecule has 0 aliphatic carbocycles. The van der Waals surface area contributed by atoms with Gasteiger partial charge >= 0.3 is 0 Å². The van der Waals surface area contributed by atoms with Crippen LogP contribution in [-0.4, -0.2) is 132 Å². The first kappa shape index (κ1) is 59.7. The highest BCUT2D eigenvalue weighted by molar-refractivity contribution is 9.11.